The highest BCUT2D eigenvalue weighted by atomic mass is 79.9. The third-order valence-electron chi connectivity index (χ3n) is 3.13. The molecule has 0 aliphatic carbocycles. The molecule has 0 aliphatic rings. The molecule has 116 valence electrons. The Morgan fingerprint density at radius 1 is 1.14 bits per heavy atom. The number of halogens is 1. The van der Waals surface area contributed by atoms with E-state index in [1.165, 1.54) is 5.56 Å². The van der Waals surface area contributed by atoms with Crippen LogP contribution in [0.2, 0.25) is 0 Å². The van der Waals surface area contributed by atoms with Crippen molar-refractivity contribution in [3.8, 4) is 11.5 Å². The van der Waals surface area contributed by atoms with E-state index in [9.17, 15) is 4.79 Å². The lowest BCUT2D eigenvalue weighted by molar-refractivity contribution is -0.136. The molecule has 0 unspecified atom stereocenters. The van der Waals surface area contributed by atoms with Crippen LogP contribution in [0.5, 0.6) is 11.5 Å². The molecule has 0 spiro atoms. The Balaban J connectivity index is 1.87. The predicted octanol–water partition coefficient (Wildman–Crippen LogP) is 4.69. The molecule has 0 saturated heterocycles. The number of esters is 1. The zero-order valence-corrected chi connectivity index (χ0v) is 14.4. The van der Waals surface area contributed by atoms with Crippen LogP contribution in [0.3, 0.4) is 0 Å². The summed E-state index contributed by atoms with van der Waals surface area (Å²) < 4.78 is 11.5. The fourth-order valence-corrected chi connectivity index (χ4v) is 2.64. The van der Waals surface area contributed by atoms with Gasteiger partial charge in [-0.1, -0.05) is 31.5 Å². The highest BCUT2D eigenvalue weighted by molar-refractivity contribution is 9.10. The van der Waals surface area contributed by atoms with Crippen molar-refractivity contribution < 1.29 is 14.3 Å². The lowest BCUT2D eigenvalue weighted by Gasteiger charge is -2.09. The van der Waals surface area contributed by atoms with E-state index >= 15 is 0 Å². The van der Waals surface area contributed by atoms with E-state index in [1.807, 2.05) is 49.4 Å². The van der Waals surface area contributed by atoms with Gasteiger partial charge in [-0.25, -0.2) is 4.79 Å². The molecule has 2 aromatic carbocycles. The summed E-state index contributed by atoms with van der Waals surface area (Å²) in [6.07, 6.45) is 2.12. The van der Waals surface area contributed by atoms with Crippen molar-refractivity contribution in [2.45, 2.75) is 26.7 Å². The van der Waals surface area contributed by atoms with Crippen LogP contribution in [0, 0.1) is 6.92 Å². The normalized spacial score (nSPS) is 10.3. The van der Waals surface area contributed by atoms with Crippen molar-refractivity contribution in [2.24, 2.45) is 0 Å². The smallest absolute Gasteiger partial charge is 0.349 e. The second-order valence-corrected chi connectivity index (χ2v) is 5.94. The largest absolute Gasteiger partial charge is 0.481 e. The van der Waals surface area contributed by atoms with Crippen LogP contribution in [-0.4, -0.2) is 12.6 Å². The van der Waals surface area contributed by atoms with Gasteiger partial charge in [0.15, 0.2) is 6.61 Å². The number of carbonyl (C=O) groups excluding carboxylic acids is 1. The van der Waals surface area contributed by atoms with Gasteiger partial charge in [-0.3, -0.25) is 0 Å². The van der Waals surface area contributed by atoms with Gasteiger partial charge >= 0.3 is 5.97 Å². The molecule has 4 heteroatoms. The number of ether oxygens (including phenoxy) is 2. The van der Waals surface area contributed by atoms with Crippen molar-refractivity contribution in [2.75, 3.05) is 6.61 Å². The Hall–Kier alpha value is -1.81. The molecular weight excluding hydrogens is 344 g/mol. The minimum absolute atomic E-state index is 0.127. The SMILES string of the molecule is CCCc1ccc(OC(=O)COc2ccc(C)cc2Br)cc1. The van der Waals surface area contributed by atoms with Gasteiger partial charge in [-0.15, -0.1) is 0 Å². The molecule has 0 atom stereocenters. The summed E-state index contributed by atoms with van der Waals surface area (Å²) in [4.78, 5) is 11.8. The van der Waals surface area contributed by atoms with Crippen LogP contribution in [0.4, 0.5) is 0 Å². The Morgan fingerprint density at radius 3 is 2.50 bits per heavy atom. The van der Waals surface area contributed by atoms with E-state index in [0.29, 0.717) is 11.5 Å². The second-order valence-electron chi connectivity index (χ2n) is 5.09. The zero-order valence-electron chi connectivity index (χ0n) is 12.8. The minimum Gasteiger partial charge on any atom is -0.481 e. The standard InChI is InChI=1S/C18H19BrO3/c1-3-4-14-6-8-15(9-7-14)22-18(20)12-21-17-10-5-13(2)11-16(17)19/h5-11H,3-4,12H2,1-2H3. The molecule has 0 saturated carbocycles. The Morgan fingerprint density at radius 2 is 1.86 bits per heavy atom. The molecule has 0 bridgehead atoms. The summed E-state index contributed by atoms with van der Waals surface area (Å²) in [6, 6.07) is 13.3. The van der Waals surface area contributed by atoms with Gasteiger partial charge in [0.05, 0.1) is 4.47 Å². The first-order chi connectivity index (χ1) is 10.6. The van der Waals surface area contributed by atoms with Crippen molar-refractivity contribution in [3.05, 3.63) is 58.1 Å². The van der Waals surface area contributed by atoms with E-state index in [4.69, 9.17) is 9.47 Å². The van der Waals surface area contributed by atoms with Gasteiger partial charge in [0, 0.05) is 0 Å². The molecule has 2 rings (SSSR count). The summed E-state index contributed by atoms with van der Waals surface area (Å²) in [5, 5.41) is 0. The molecule has 0 N–H and O–H groups in total. The number of aryl methyl sites for hydroxylation is 2. The average molecular weight is 363 g/mol. The van der Waals surface area contributed by atoms with Gasteiger partial charge in [-0.05, 0) is 64.7 Å². The maximum Gasteiger partial charge on any atom is 0.349 e. The molecule has 0 radical (unpaired) electrons. The number of benzene rings is 2. The van der Waals surface area contributed by atoms with Gasteiger partial charge in [-0.2, -0.15) is 0 Å². The third kappa shape index (κ3) is 4.88. The van der Waals surface area contributed by atoms with Crippen molar-refractivity contribution in [1.82, 2.24) is 0 Å². The van der Waals surface area contributed by atoms with Gasteiger partial charge in [0.1, 0.15) is 11.5 Å². The van der Waals surface area contributed by atoms with Gasteiger partial charge in [0.2, 0.25) is 0 Å². The average Bonchev–Trinajstić information content (AvgIpc) is 2.49. The van der Waals surface area contributed by atoms with Crippen LogP contribution in [0.25, 0.3) is 0 Å². The molecule has 0 heterocycles. The van der Waals surface area contributed by atoms with E-state index < -0.39 is 5.97 Å². The molecule has 3 nitrogen and oxygen atoms in total. The van der Waals surface area contributed by atoms with E-state index in [-0.39, 0.29) is 6.61 Å². The summed E-state index contributed by atoms with van der Waals surface area (Å²) in [5.74, 6) is 0.744. The van der Waals surface area contributed by atoms with Crippen molar-refractivity contribution >= 4 is 21.9 Å². The summed E-state index contributed by atoms with van der Waals surface area (Å²) in [7, 11) is 0. The fourth-order valence-electron chi connectivity index (χ4n) is 2.03. The number of hydrogen-bond acceptors (Lipinski definition) is 3. The van der Waals surface area contributed by atoms with Crippen LogP contribution in [0.15, 0.2) is 46.9 Å². The van der Waals surface area contributed by atoms with Gasteiger partial charge in [0.25, 0.3) is 0 Å². The summed E-state index contributed by atoms with van der Waals surface area (Å²) >= 11 is 3.41. The van der Waals surface area contributed by atoms with Crippen molar-refractivity contribution in [1.29, 1.82) is 0 Å². The van der Waals surface area contributed by atoms with E-state index in [0.717, 1.165) is 22.9 Å². The molecule has 0 aromatic heterocycles. The van der Waals surface area contributed by atoms with Crippen molar-refractivity contribution in [3.63, 3.8) is 0 Å². The highest BCUT2D eigenvalue weighted by Gasteiger charge is 2.08. The fraction of sp³-hybridized carbons (Fsp3) is 0.278. The maximum absolute atomic E-state index is 11.8. The second kappa shape index (κ2) is 7.99. The maximum atomic E-state index is 11.8. The van der Waals surface area contributed by atoms with Crippen LogP contribution in [-0.2, 0) is 11.2 Å². The van der Waals surface area contributed by atoms with Crippen LogP contribution >= 0.6 is 15.9 Å². The summed E-state index contributed by atoms with van der Waals surface area (Å²) in [6.45, 7) is 4.00. The predicted molar refractivity (Wildman–Crippen MR) is 90.4 cm³/mol. The monoisotopic (exact) mass is 362 g/mol. The lowest BCUT2D eigenvalue weighted by Crippen LogP contribution is -2.17. The first-order valence-corrected chi connectivity index (χ1v) is 8.06. The molecule has 2 aromatic rings. The molecular formula is C18H19BrO3. The highest BCUT2D eigenvalue weighted by Crippen LogP contribution is 2.25. The first-order valence-electron chi connectivity index (χ1n) is 7.27. The van der Waals surface area contributed by atoms with Crippen LogP contribution in [0.1, 0.15) is 24.5 Å². The number of carbonyl (C=O) groups is 1. The number of hydrogen-bond donors (Lipinski definition) is 0. The first kappa shape index (κ1) is 16.6. The topological polar surface area (TPSA) is 35.5 Å². The molecule has 22 heavy (non-hydrogen) atoms. The quantitative estimate of drug-likeness (QED) is 0.552. The lowest BCUT2D eigenvalue weighted by atomic mass is 10.1. The van der Waals surface area contributed by atoms with Crippen LogP contribution < -0.4 is 9.47 Å². The molecule has 0 aliphatic heterocycles. The summed E-state index contributed by atoms with van der Waals surface area (Å²) in [5.41, 5.74) is 2.36. The Labute approximate surface area is 139 Å². The van der Waals surface area contributed by atoms with Gasteiger partial charge < -0.3 is 9.47 Å². The Kier molecular flexibility index (Phi) is 6.01. The zero-order chi connectivity index (χ0) is 15.9. The third-order valence-corrected chi connectivity index (χ3v) is 3.75. The molecule has 0 amide bonds. The number of rotatable bonds is 6. The van der Waals surface area contributed by atoms with E-state index in [1.54, 1.807) is 0 Å². The molecule has 0 fully saturated rings. The van der Waals surface area contributed by atoms with E-state index in [2.05, 4.69) is 22.9 Å². The Bertz CT molecular complexity index is 635. The minimum atomic E-state index is -0.421.